The molecule has 1 saturated heterocycles. The number of allylic oxidation sites excluding steroid dienone is 6. The number of carbonyl (C=O) groups excluding carboxylic acids is 4. The molecule has 1 aromatic rings. The summed E-state index contributed by atoms with van der Waals surface area (Å²) in [5.41, 5.74) is 5.52. The number of hydrogen-bond donors (Lipinski definition) is 1. The number of esters is 1. The second-order valence-corrected chi connectivity index (χ2v) is 11.6. The molecule has 4 heterocycles. The van der Waals surface area contributed by atoms with Crippen LogP contribution in [-0.2, 0) is 23.9 Å². The largest absolute Gasteiger partial charge is 0.457 e. The summed E-state index contributed by atoms with van der Waals surface area (Å²) < 4.78 is 40.2. The van der Waals surface area contributed by atoms with Gasteiger partial charge in [0.15, 0.2) is 12.4 Å². The number of hydrogen-bond acceptors (Lipinski definition) is 9. The van der Waals surface area contributed by atoms with E-state index in [1.165, 1.54) is 18.4 Å². The molecule has 3 aliphatic heterocycles. The topological polar surface area (TPSA) is 141 Å². The fraction of sp³-hybridized carbons (Fsp3) is 0.400. The van der Waals surface area contributed by atoms with E-state index in [0.717, 1.165) is 25.0 Å². The van der Waals surface area contributed by atoms with Crippen molar-refractivity contribution in [2.75, 3.05) is 39.1 Å². The maximum Gasteiger partial charge on any atom is 0.315 e. The standard InChI is InChI=1S/C30H27ClF2N4O6/c1-42-7-4-19-28(40)37-12-18(29(41)43-13-22(39)15-2-3-23(34)36-27(15)33)24-16-8-14(38)9-21(32)25(16)20(31)11-35-10-17(24)26(37)30(19)5-6-30/h2-3,8-9,11,18-19,26H,4-7,10,12-13H2,1H3,(H2,34,36)/b25-20-,35-11?. The highest BCUT2D eigenvalue weighted by atomic mass is 35.5. The molecule has 224 valence electrons. The van der Waals surface area contributed by atoms with E-state index in [9.17, 15) is 23.6 Å². The highest BCUT2D eigenvalue weighted by Crippen LogP contribution is 2.65. The SMILES string of the molecule is COCCC1C(=O)N2CC(C(=O)OCC(=O)c3ccc(N)nc3F)C3=C(CN=C/C(Cl)=C4/C(F)=CC(=O)C=C34)C2C12CC2. The van der Waals surface area contributed by atoms with E-state index in [4.69, 9.17) is 26.8 Å². The lowest BCUT2D eigenvalue weighted by Gasteiger charge is -2.41. The molecular weight excluding hydrogens is 586 g/mol. The fourth-order valence-electron chi connectivity index (χ4n) is 6.90. The number of carbonyl (C=O) groups is 4. The molecule has 0 radical (unpaired) electrons. The van der Waals surface area contributed by atoms with Gasteiger partial charge in [0.2, 0.25) is 17.6 Å². The second kappa shape index (κ2) is 10.9. The summed E-state index contributed by atoms with van der Waals surface area (Å²) in [5, 5.41) is -0.0586. The van der Waals surface area contributed by atoms with Gasteiger partial charge < -0.3 is 20.1 Å². The summed E-state index contributed by atoms with van der Waals surface area (Å²) in [6.07, 6.45) is 5.32. The average molecular weight is 613 g/mol. The van der Waals surface area contributed by atoms with E-state index >= 15 is 4.39 Å². The van der Waals surface area contributed by atoms with E-state index < -0.39 is 58.9 Å². The van der Waals surface area contributed by atoms with E-state index in [0.29, 0.717) is 24.2 Å². The Balaban J connectivity index is 1.42. The Morgan fingerprint density at radius 1 is 1.21 bits per heavy atom. The van der Waals surface area contributed by atoms with Crippen LogP contribution in [0.25, 0.3) is 0 Å². The van der Waals surface area contributed by atoms with E-state index in [-0.39, 0.29) is 46.9 Å². The average Bonchev–Trinajstić information content (AvgIpc) is 3.70. The summed E-state index contributed by atoms with van der Waals surface area (Å²) in [6, 6.07) is 1.93. The Kier molecular flexibility index (Phi) is 7.37. The van der Waals surface area contributed by atoms with Crippen LogP contribution in [0.5, 0.6) is 0 Å². The number of aliphatic imine (C=N–C) groups is 1. The Morgan fingerprint density at radius 3 is 2.67 bits per heavy atom. The molecule has 2 N–H and O–H groups in total. The lowest BCUT2D eigenvalue weighted by Crippen LogP contribution is -2.49. The monoisotopic (exact) mass is 612 g/mol. The van der Waals surface area contributed by atoms with Gasteiger partial charge in [-0.25, -0.2) is 9.37 Å². The van der Waals surface area contributed by atoms with Crippen molar-refractivity contribution in [3.63, 3.8) is 0 Å². The summed E-state index contributed by atoms with van der Waals surface area (Å²) >= 11 is 6.43. The van der Waals surface area contributed by atoms with Crippen LogP contribution in [0.3, 0.4) is 0 Å². The molecule has 43 heavy (non-hydrogen) atoms. The number of nitrogen functional groups attached to an aromatic ring is 1. The molecule has 1 spiro atoms. The second-order valence-electron chi connectivity index (χ2n) is 11.2. The first kappa shape index (κ1) is 29.1. The van der Waals surface area contributed by atoms with Gasteiger partial charge >= 0.3 is 5.97 Å². The number of ether oxygens (including phenoxy) is 2. The number of amides is 1. The van der Waals surface area contributed by atoms with Crippen LogP contribution in [0.1, 0.15) is 29.6 Å². The highest BCUT2D eigenvalue weighted by Gasteiger charge is 2.67. The van der Waals surface area contributed by atoms with E-state index in [2.05, 4.69) is 9.98 Å². The van der Waals surface area contributed by atoms with Gasteiger partial charge in [-0.05, 0) is 54.2 Å². The molecule has 0 aromatic carbocycles. The van der Waals surface area contributed by atoms with Crippen molar-refractivity contribution in [3.05, 3.63) is 68.9 Å². The third-order valence-electron chi connectivity index (χ3n) is 8.83. The fourth-order valence-corrected chi connectivity index (χ4v) is 7.16. The number of anilines is 1. The van der Waals surface area contributed by atoms with Gasteiger partial charge in [-0.3, -0.25) is 24.2 Å². The Morgan fingerprint density at radius 2 is 1.98 bits per heavy atom. The number of nitrogens with zero attached hydrogens (tertiary/aromatic N) is 3. The number of fused-ring (bicyclic) bond motifs is 5. The van der Waals surface area contributed by atoms with Gasteiger partial charge in [0.25, 0.3) is 0 Å². The maximum absolute atomic E-state index is 15.3. The van der Waals surface area contributed by atoms with Crippen LogP contribution < -0.4 is 5.73 Å². The minimum Gasteiger partial charge on any atom is -0.457 e. The molecule has 0 bridgehead atoms. The number of methoxy groups -OCH3 is 1. The maximum atomic E-state index is 15.3. The molecule has 13 heteroatoms. The molecule has 1 amide bonds. The van der Waals surface area contributed by atoms with Crippen molar-refractivity contribution in [1.29, 1.82) is 0 Å². The summed E-state index contributed by atoms with van der Waals surface area (Å²) in [6.45, 7) is -0.561. The predicted molar refractivity (Wildman–Crippen MR) is 150 cm³/mol. The number of Topliss-reactive ketones (excluding diaryl/α,β-unsaturated/α-hetero) is 1. The van der Waals surface area contributed by atoms with Crippen LogP contribution in [0.2, 0.25) is 0 Å². The zero-order valence-corrected chi connectivity index (χ0v) is 23.8. The molecular formula is C30H27ClF2N4O6. The van der Waals surface area contributed by atoms with Crippen molar-refractivity contribution in [2.45, 2.75) is 25.3 Å². The van der Waals surface area contributed by atoms with Crippen molar-refractivity contribution >= 4 is 47.1 Å². The van der Waals surface area contributed by atoms with Gasteiger partial charge in [0, 0.05) is 49.5 Å². The van der Waals surface area contributed by atoms with Crippen molar-refractivity contribution in [1.82, 2.24) is 9.88 Å². The lowest BCUT2D eigenvalue weighted by molar-refractivity contribution is -0.148. The summed E-state index contributed by atoms with van der Waals surface area (Å²) in [7, 11) is 1.56. The Bertz CT molecular complexity index is 1630. The third kappa shape index (κ3) is 4.82. The van der Waals surface area contributed by atoms with Crippen LogP contribution in [-0.4, -0.2) is 79.0 Å². The molecule has 6 rings (SSSR count). The number of pyridine rings is 1. The zero-order chi connectivity index (χ0) is 30.6. The third-order valence-corrected chi connectivity index (χ3v) is 9.12. The number of halogens is 3. The predicted octanol–water partition coefficient (Wildman–Crippen LogP) is 3.04. The molecule has 10 nitrogen and oxygen atoms in total. The van der Waals surface area contributed by atoms with E-state index in [1.807, 2.05) is 0 Å². The minimum atomic E-state index is -1.22. The van der Waals surface area contributed by atoms with E-state index in [1.54, 1.807) is 12.0 Å². The number of rotatable bonds is 7. The first-order valence-electron chi connectivity index (χ1n) is 13.7. The molecule has 2 aliphatic carbocycles. The minimum absolute atomic E-state index is 0.0356. The quantitative estimate of drug-likeness (QED) is 0.281. The number of nitrogens with two attached hydrogens (primary N) is 1. The number of aromatic nitrogens is 1. The molecule has 2 fully saturated rings. The Hall–Kier alpha value is -4.03. The van der Waals surface area contributed by atoms with Crippen molar-refractivity contribution in [3.8, 4) is 0 Å². The molecule has 1 saturated carbocycles. The van der Waals surface area contributed by atoms with Gasteiger partial charge in [0.05, 0.1) is 23.2 Å². The summed E-state index contributed by atoms with van der Waals surface area (Å²) in [5.74, 6) is -6.25. The Labute approximate surface area is 249 Å². The van der Waals surface area contributed by atoms with Crippen molar-refractivity contribution < 1.29 is 37.4 Å². The van der Waals surface area contributed by atoms with Crippen LogP contribution in [0.4, 0.5) is 14.6 Å². The van der Waals surface area contributed by atoms with Gasteiger partial charge in [-0.1, -0.05) is 11.6 Å². The molecule has 1 aromatic heterocycles. The smallest absolute Gasteiger partial charge is 0.315 e. The number of ketones is 2. The lowest BCUT2D eigenvalue weighted by atomic mass is 9.73. The van der Waals surface area contributed by atoms with Crippen LogP contribution >= 0.6 is 11.6 Å². The molecule has 3 atom stereocenters. The zero-order valence-electron chi connectivity index (χ0n) is 23.1. The van der Waals surface area contributed by atoms with Crippen LogP contribution in [0, 0.1) is 23.2 Å². The van der Waals surface area contributed by atoms with Crippen molar-refractivity contribution in [2.24, 2.45) is 22.2 Å². The molecule has 3 unspecified atom stereocenters. The molecule has 5 aliphatic rings. The highest BCUT2D eigenvalue weighted by molar-refractivity contribution is 6.40. The van der Waals surface area contributed by atoms with Gasteiger partial charge in [0.1, 0.15) is 17.6 Å². The van der Waals surface area contributed by atoms with Crippen LogP contribution in [0.15, 0.2) is 62.4 Å². The van der Waals surface area contributed by atoms with Gasteiger partial charge in [-0.2, -0.15) is 4.39 Å². The van der Waals surface area contributed by atoms with Gasteiger partial charge in [-0.15, -0.1) is 0 Å². The first-order valence-corrected chi connectivity index (χ1v) is 14.1. The first-order chi connectivity index (χ1) is 20.6. The normalized spacial score (nSPS) is 27.2. The summed E-state index contributed by atoms with van der Waals surface area (Å²) in [4.78, 5) is 62.4.